The normalized spacial score (nSPS) is 24.2. The second kappa shape index (κ2) is 4.09. The van der Waals surface area contributed by atoms with Crippen LogP contribution in [0.5, 0.6) is 0 Å². The van der Waals surface area contributed by atoms with Gasteiger partial charge >= 0.3 is 0 Å². The van der Waals surface area contributed by atoms with Crippen LogP contribution < -0.4 is 5.32 Å². The van der Waals surface area contributed by atoms with Crippen molar-refractivity contribution in [3.05, 3.63) is 0 Å². The molecule has 1 fully saturated rings. The fourth-order valence-electron chi connectivity index (χ4n) is 1.22. The van der Waals surface area contributed by atoms with Crippen molar-refractivity contribution in [2.45, 2.75) is 39.7 Å². The number of carbonyl (C=O) groups excluding carboxylic acids is 1. The lowest BCUT2D eigenvalue weighted by molar-refractivity contribution is -0.125. The highest BCUT2D eigenvalue weighted by molar-refractivity contribution is 5.76. The molecule has 1 N–H and O–H groups in total. The molecule has 0 aromatic heterocycles. The van der Waals surface area contributed by atoms with Crippen molar-refractivity contribution in [2.75, 3.05) is 13.2 Å². The SMILES string of the molecule is CC(C)(C)COC1CCC(=O)NC1. The predicted molar refractivity (Wildman–Crippen MR) is 51.4 cm³/mol. The van der Waals surface area contributed by atoms with Gasteiger partial charge in [-0.25, -0.2) is 0 Å². The second-order valence-electron chi connectivity index (χ2n) is 4.84. The van der Waals surface area contributed by atoms with Crippen molar-refractivity contribution < 1.29 is 9.53 Å². The summed E-state index contributed by atoms with van der Waals surface area (Å²) in [6, 6.07) is 0. The third-order valence-electron chi connectivity index (χ3n) is 1.97. The Hall–Kier alpha value is -0.570. The van der Waals surface area contributed by atoms with Gasteiger partial charge in [-0.3, -0.25) is 4.79 Å². The van der Waals surface area contributed by atoms with Gasteiger partial charge in [-0.1, -0.05) is 20.8 Å². The van der Waals surface area contributed by atoms with Crippen molar-refractivity contribution in [1.29, 1.82) is 0 Å². The second-order valence-corrected chi connectivity index (χ2v) is 4.84. The van der Waals surface area contributed by atoms with Crippen molar-refractivity contribution in [3.63, 3.8) is 0 Å². The van der Waals surface area contributed by atoms with Crippen molar-refractivity contribution >= 4 is 5.91 Å². The van der Waals surface area contributed by atoms with Crippen LogP contribution in [0.15, 0.2) is 0 Å². The highest BCUT2D eigenvalue weighted by Crippen LogP contribution is 2.16. The molecule has 1 unspecified atom stereocenters. The van der Waals surface area contributed by atoms with Crippen LogP contribution in [0.3, 0.4) is 0 Å². The van der Waals surface area contributed by atoms with Crippen LogP contribution in [-0.2, 0) is 9.53 Å². The first-order valence-corrected chi connectivity index (χ1v) is 4.86. The van der Waals surface area contributed by atoms with Gasteiger partial charge in [-0.15, -0.1) is 0 Å². The monoisotopic (exact) mass is 185 g/mol. The van der Waals surface area contributed by atoms with Crippen LogP contribution in [0.2, 0.25) is 0 Å². The maximum Gasteiger partial charge on any atom is 0.220 e. The van der Waals surface area contributed by atoms with Gasteiger partial charge in [0.1, 0.15) is 0 Å². The van der Waals surface area contributed by atoms with E-state index in [0.29, 0.717) is 13.0 Å². The number of nitrogens with one attached hydrogen (secondary N) is 1. The summed E-state index contributed by atoms with van der Waals surface area (Å²) in [5.74, 6) is 0.149. The molecule has 1 aliphatic rings. The fraction of sp³-hybridized carbons (Fsp3) is 0.900. The van der Waals surface area contributed by atoms with E-state index in [4.69, 9.17) is 4.74 Å². The standard InChI is InChI=1S/C10H19NO2/c1-10(2,3)7-13-8-4-5-9(12)11-6-8/h8H,4-7H2,1-3H3,(H,11,12). The number of hydrogen-bond acceptors (Lipinski definition) is 2. The molecule has 0 spiro atoms. The number of ether oxygens (including phenoxy) is 1. The molecule has 0 aromatic rings. The summed E-state index contributed by atoms with van der Waals surface area (Å²) in [5.41, 5.74) is 0.210. The molecule has 76 valence electrons. The molecule has 13 heavy (non-hydrogen) atoms. The maximum atomic E-state index is 10.8. The zero-order chi connectivity index (χ0) is 9.90. The lowest BCUT2D eigenvalue weighted by Gasteiger charge is -2.26. The van der Waals surface area contributed by atoms with Crippen LogP contribution in [0.4, 0.5) is 0 Å². The number of rotatable bonds is 2. The van der Waals surface area contributed by atoms with E-state index in [9.17, 15) is 4.79 Å². The molecule has 3 heteroatoms. The van der Waals surface area contributed by atoms with Crippen LogP contribution in [0, 0.1) is 5.41 Å². The Bertz CT molecular complexity index is 174. The highest BCUT2D eigenvalue weighted by Gasteiger charge is 2.20. The minimum Gasteiger partial charge on any atom is -0.376 e. The van der Waals surface area contributed by atoms with E-state index in [1.807, 2.05) is 0 Å². The van der Waals surface area contributed by atoms with Gasteiger partial charge in [-0.2, -0.15) is 0 Å². The van der Waals surface area contributed by atoms with Crippen molar-refractivity contribution in [3.8, 4) is 0 Å². The zero-order valence-corrected chi connectivity index (χ0v) is 8.72. The quantitative estimate of drug-likeness (QED) is 0.704. The summed E-state index contributed by atoms with van der Waals surface area (Å²) < 4.78 is 5.68. The molecule has 0 saturated carbocycles. The Morgan fingerprint density at radius 2 is 2.23 bits per heavy atom. The van der Waals surface area contributed by atoms with E-state index in [2.05, 4.69) is 26.1 Å². The van der Waals surface area contributed by atoms with Gasteiger partial charge in [0, 0.05) is 13.0 Å². The minimum absolute atomic E-state index is 0.149. The van der Waals surface area contributed by atoms with E-state index in [0.717, 1.165) is 13.0 Å². The molecule has 0 radical (unpaired) electrons. The Morgan fingerprint density at radius 3 is 2.69 bits per heavy atom. The zero-order valence-electron chi connectivity index (χ0n) is 8.72. The number of amides is 1. The van der Waals surface area contributed by atoms with Gasteiger partial charge in [-0.05, 0) is 11.8 Å². The molecule has 0 bridgehead atoms. The van der Waals surface area contributed by atoms with Crippen molar-refractivity contribution in [1.82, 2.24) is 5.32 Å². The molecule has 1 amide bonds. The molecular weight excluding hydrogens is 166 g/mol. The smallest absolute Gasteiger partial charge is 0.220 e. The first-order valence-electron chi connectivity index (χ1n) is 4.86. The van der Waals surface area contributed by atoms with Crippen LogP contribution in [-0.4, -0.2) is 25.2 Å². The molecule has 3 nitrogen and oxygen atoms in total. The lowest BCUT2D eigenvalue weighted by atomic mass is 9.98. The molecule has 0 aliphatic carbocycles. The minimum atomic E-state index is 0.149. The van der Waals surface area contributed by atoms with Crippen LogP contribution in [0.25, 0.3) is 0 Å². The van der Waals surface area contributed by atoms with E-state index in [1.54, 1.807) is 0 Å². The van der Waals surface area contributed by atoms with Crippen LogP contribution in [0.1, 0.15) is 33.6 Å². The summed E-state index contributed by atoms with van der Waals surface area (Å²) in [4.78, 5) is 10.8. The number of hydrogen-bond donors (Lipinski definition) is 1. The molecular formula is C10H19NO2. The van der Waals surface area contributed by atoms with Gasteiger partial charge < -0.3 is 10.1 Å². The maximum absolute atomic E-state index is 10.8. The third-order valence-corrected chi connectivity index (χ3v) is 1.97. The highest BCUT2D eigenvalue weighted by atomic mass is 16.5. The predicted octanol–water partition coefficient (Wildman–Crippen LogP) is 1.33. The number of piperidine rings is 1. The molecule has 1 atom stereocenters. The Morgan fingerprint density at radius 1 is 1.54 bits per heavy atom. The average molecular weight is 185 g/mol. The Labute approximate surface area is 79.8 Å². The first kappa shape index (κ1) is 10.5. The Balaban J connectivity index is 2.20. The summed E-state index contributed by atoms with van der Waals surface area (Å²) in [6.45, 7) is 7.87. The van der Waals surface area contributed by atoms with E-state index < -0.39 is 0 Å². The van der Waals surface area contributed by atoms with E-state index >= 15 is 0 Å². The molecule has 1 aliphatic heterocycles. The average Bonchev–Trinajstić information content (AvgIpc) is 2.02. The van der Waals surface area contributed by atoms with Gasteiger partial charge in [0.05, 0.1) is 12.7 Å². The van der Waals surface area contributed by atoms with Gasteiger partial charge in [0.25, 0.3) is 0 Å². The van der Waals surface area contributed by atoms with Crippen LogP contribution >= 0.6 is 0 Å². The molecule has 1 rings (SSSR count). The van der Waals surface area contributed by atoms with E-state index in [-0.39, 0.29) is 17.4 Å². The lowest BCUT2D eigenvalue weighted by Crippen LogP contribution is -2.40. The molecule has 1 heterocycles. The summed E-state index contributed by atoms with van der Waals surface area (Å²) in [5, 5.41) is 2.80. The number of carbonyl (C=O) groups is 1. The van der Waals surface area contributed by atoms with Gasteiger partial charge in [0.2, 0.25) is 5.91 Å². The summed E-state index contributed by atoms with van der Waals surface area (Å²) in [6.07, 6.45) is 1.69. The molecule has 1 saturated heterocycles. The largest absolute Gasteiger partial charge is 0.376 e. The summed E-state index contributed by atoms with van der Waals surface area (Å²) >= 11 is 0. The molecule has 0 aromatic carbocycles. The first-order chi connectivity index (χ1) is 5.97. The topological polar surface area (TPSA) is 38.3 Å². The third kappa shape index (κ3) is 4.27. The summed E-state index contributed by atoms with van der Waals surface area (Å²) in [7, 11) is 0. The van der Waals surface area contributed by atoms with Crippen molar-refractivity contribution in [2.24, 2.45) is 5.41 Å². The fourth-order valence-corrected chi connectivity index (χ4v) is 1.22. The van der Waals surface area contributed by atoms with E-state index in [1.165, 1.54) is 0 Å². The Kier molecular flexibility index (Phi) is 3.31. The van der Waals surface area contributed by atoms with Gasteiger partial charge in [0.15, 0.2) is 0 Å².